The molecule has 0 atom stereocenters. The van der Waals surface area contributed by atoms with Crippen molar-refractivity contribution < 1.29 is 5.11 Å². The van der Waals surface area contributed by atoms with E-state index >= 15 is 0 Å². The fraction of sp³-hybridized carbons (Fsp3) is 0.211. The third kappa shape index (κ3) is 2.75. The van der Waals surface area contributed by atoms with Crippen LogP contribution in [0.3, 0.4) is 0 Å². The summed E-state index contributed by atoms with van der Waals surface area (Å²) in [6.45, 7) is 5.07. The van der Waals surface area contributed by atoms with Crippen molar-refractivity contribution >= 4 is 0 Å². The zero-order valence-electron chi connectivity index (χ0n) is 12.9. The highest BCUT2D eigenvalue weighted by molar-refractivity contribution is 5.77. The number of hydrogen-bond donors (Lipinski definition) is 1. The lowest BCUT2D eigenvalue weighted by Crippen LogP contribution is -2.07. The van der Waals surface area contributed by atoms with E-state index in [0.29, 0.717) is 11.6 Å². The molecule has 0 aliphatic heterocycles. The van der Waals surface area contributed by atoms with E-state index in [2.05, 4.69) is 18.9 Å². The highest BCUT2D eigenvalue weighted by Crippen LogP contribution is 2.38. The second-order valence-electron chi connectivity index (χ2n) is 5.85. The maximum atomic E-state index is 10.7. The van der Waals surface area contributed by atoms with Crippen molar-refractivity contribution in [2.24, 2.45) is 5.92 Å². The van der Waals surface area contributed by atoms with Gasteiger partial charge in [-0.3, -0.25) is 4.68 Å². The second-order valence-corrected chi connectivity index (χ2v) is 5.85. The van der Waals surface area contributed by atoms with Gasteiger partial charge < -0.3 is 5.11 Å². The zero-order valence-corrected chi connectivity index (χ0v) is 12.9. The molecule has 0 radical (unpaired) electrons. The molecular formula is C19H20N2O. The smallest absolute Gasteiger partial charge is 0.169 e. The molecule has 112 valence electrons. The summed E-state index contributed by atoms with van der Waals surface area (Å²) in [6, 6.07) is 19.7. The molecule has 2 aromatic carbocycles. The third-order valence-electron chi connectivity index (χ3n) is 3.56. The SMILES string of the molecule is CC(C)Cn1nc(-c2ccccc2)c(O)c1-c1ccccc1. The van der Waals surface area contributed by atoms with Crippen molar-refractivity contribution in [3.8, 4) is 28.3 Å². The van der Waals surface area contributed by atoms with E-state index in [4.69, 9.17) is 0 Å². The molecule has 0 unspecified atom stereocenters. The van der Waals surface area contributed by atoms with Gasteiger partial charge >= 0.3 is 0 Å². The van der Waals surface area contributed by atoms with Crippen LogP contribution in [0.4, 0.5) is 0 Å². The second kappa shape index (κ2) is 6.06. The summed E-state index contributed by atoms with van der Waals surface area (Å²) in [7, 11) is 0. The summed E-state index contributed by atoms with van der Waals surface area (Å²) >= 11 is 0. The Morgan fingerprint density at radius 3 is 2.00 bits per heavy atom. The normalized spacial score (nSPS) is 11.0. The molecule has 0 aliphatic rings. The fourth-order valence-corrected chi connectivity index (χ4v) is 2.60. The van der Waals surface area contributed by atoms with Gasteiger partial charge in [0, 0.05) is 17.7 Å². The van der Waals surface area contributed by atoms with Gasteiger partial charge in [-0.15, -0.1) is 0 Å². The van der Waals surface area contributed by atoms with Crippen LogP contribution < -0.4 is 0 Å². The monoisotopic (exact) mass is 292 g/mol. The molecule has 3 rings (SSSR count). The predicted octanol–water partition coefficient (Wildman–Crippen LogP) is 4.58. The molecule has 3 aromatic rings. The Hall–Kier alpha value is -2.55. The predicted molar refractivity (Wildman–Crippen MR) is 89.6 cm³/mol. The average Bonchev–Trinajstić information content (AvgIpc) is 2.85. The fourth-order valence-electron chi connectivity index (χ4n) is 2.60. The minimum Gasteiger partial charge on any atom is -0.504 e. The standard InChI is InChI=1S/C19H20N2O/c1-14(2)13-21-18(16-11-7-4-8-12-16)19(22)17(20-21)15-9-5-3-6-10-15/h3-12,14,22H,13H2,1-2H3. The van der Waals surface area contributed by atoms with Crippen LogP contribution in [0.5, 0.6) is 5.75 Å². The number of benzene rings is 2. The van der Waals surface area contributed by atoms with E-state index in [-0.39, 0.29) is 5.75 Å². The van der Waals surface area contributed by atoms with E-state index in [0.717, 1.165) is 23.4 Å². The first-order chi connectivity index (χ1) is 10.7. The van der Waals surface area contributed by atoms with Crippen molar-refractivity contribution in [2.45, 2.75) is 20.4 Å². The van der Waals surface area contributed by atoms with Crippen LogP contribution in [0.25, 0.3) is 22.5 Å². The lowest BCUT2D eigenvalue weighted by atomic mass is 10.1. The first-order valence-corrected chi connectivity index (χ1v) is 7.57. The Morgan fingerprint density at radius 1 is 0.909 bits per heavy atom. The summed E-state index contributed by atoms with van der Waals surface area (Å²) in [4.78, 5) is 0. The first kappa shape index (κ1) is 14.4. The third-order valence-corrected chi connectivity index (χ3v) is 3.56. The van der Waals surface area contributed by atoms with Crippen LogP contribution in [0.2, 0.25) is 0 Å². The van der Waals surface area contributed by atoms with Crippen LogP contribution in [0.15, 0.2) is 60.7 Å². The van der Waals surface area contributed by atoms with Crippen molar-refractivity contribution in [2.75, 3.05) is 0 Å². The minimum absolute atomic E-state index is 0.248. The van der Waals surface area contributed by atoms with E-state index in [1.54, 1.807) is 0 Å². The molecular weight excluding hydrogens is 272 g/mol. The highest BCUT2D eigenvalue weighted by atomic mass is 16.3. The Balaban J connectivity index is 2.17. The molecule has 0 saturated carbocycles. The lowest BCUT2D eigenvalue weighted by Gasteiger charge is -2.09. The first-order valence-electron chi connectivity index (χ1n) is 7.57. The lowest BCUT2D eigenvalue weighted by molar-refractivity contribution is 0.468. The van der Waals surface area contributed by atoms with E-state index in [1.165, 1.54) is 0 Å². The van der Waals surface area contributed by atoms with Crippen LogP contribution in [0, 0.1) is 5.92 Å². The van der Waals surface area contributed by atoms with Crippen LogP contribution in [-0.2, 0) is 6.54 Å². The molecule has 0 saturated heterocycles. The Morgan fingerprint density at radius 2 is 1.45 bits per heavy atom. The Bertz CT molecular complexity index is 746. The molecule has 0 fully saturated rings. The molecule has 0 aliphatic carbocycles. The van der Waals surface area contributed by atoms with Gasteiger partial charge in [0.05, 0.1) is 0 Å². The van der Waals surface area contributed by atoms with Gasteiger partial charge in [-0.25, -0.2) is 0 Å². The zero-order chi connectivity index (χ0) is 15.5. The van der Waals surface area contributed by atoms with Crippen LogP contribution in [-0.4, -0.2) is 14.9 Å². The quantitative estimate of drug-likeness (QED) is 0.764. The molecule has 1 N–H and O–H groups in total. The van der Waals surface area contributed by atoms with Gasteiger partial charge in [0.25, 0.3) is 0 Å². The van der Waals surface area contributed by atoms with Crippen molar-refractivity contribution in [3.05, 3.63) is 60.7 Å². The van der Waals surface area contributed by atoms with Gasteiger partial charge in [0.15, 0.2) is 5.75 Å². The summed E-state index contributed by atoms with van der Waals surface area (Å²) in [5.74, 6) is 0.698. The minimum atomic E-state index is 0.248. The molecule has 0 amide bonds. The largest absolute Gasteiger partial charge is 0.504 e. The van der Waals surface area contributed by atoms with E-state index in [9.17, 15) is 5.11 Å². The van der Waals surface area contributed by atoms with Gasteiger partial charge in [-0.1, -0.05) is 74.5 Å². The van der Waals surface area contributed by atoms with Crippen molar-refractivity contribution in [1.82, 2.24) is 9.78 Å². The summed E-state index contributed by atoms with van der Waals surface area (Å²) < 4.78 is 1.91. The molecule has 3 nitrogen and oxygen atoms in total. The average molecular weight is 292 g/mol. The topological polar surface area (TPSA) is 38.0 Å². The number of aromatic hydroxyl groups is 1. The molecule has 1 aromatic heterocycles. The molecule has 3 heteroatoms. The maximum absolute atomic E-state index is 10.7. The molecule has 0 bridgehead atoms. The Labute approximate surface area is 130 Å². The summed E-state index contributed by atoms with van der Waals surface area (Å²) in [6.07, 6.45) is 0. The van der Waals surface area contributed by atoms with E-state index < -0.39 is 0 Å². The molecule has 0 spiro atoms. The Kier molecular flexibility index (Phi) is 3.96. The van der Waals surface area contributed by atoms with Gasteiger partial charge in [-0.2, -0.15) is 5.10 Å². The number of rotatable bonds is 4. The maximum Gasteiger partial charge on any atom is 0.169 e. The van der Waals surface area contributed by atoms with Crippen molar-refractivity contribution in [1.29, 1.82) is 0 Å². The molecule has 1 heterocycles. The molecule has 22 heavy (non-hydrogen) atoms. The van der Waals surface area contributed by atoms with Crippen LogP contribution in [0.1, 0.15) is 13.8 Å². The summed E-state index contributed by atoms with van der Waals surface area (Å²) in [5.41, 5.74) is 3.34. The van der Waals surface area contributed by atoms with Crippen LogP contribution >= 0.6 is 0 Å². The number of aromatic nitrogens is 2. The summed E-state index contributed by atoms with van der Waals surface area (Å²) in [5, 5.41) is 15.4. The van der Waals surface area contributed by atoms with Gasteiger partial charge in [0.1, 0.15) is 11.4 Å². The number of nitrogens with zero attached hydrogens (tertiary/aromatic N) is 2. The van der Waals surface area contributed by atoms with E-state index in [1.807, 2.05) is 65.3 Å². The van der Waals surface area contributed by atoms with Crippen molar-refractivity contribution in [3.63, 3.8) is 0 Å². The van der Waals surface area contributed by atoms with Gasteiger partial charge in [0.2, 0.25) is 0 Å². The highest BCUT2D eigenvalue weighted by Gasteiger charge is 2.20. The van der Waals surface area contributed by atoms with Gasteiger partial charge in [-0.05, 0) is 5.92 Å². The number of hydrogen-bond acceptors (Lipinski definition) is 2.